The third-order valence-corrected chi connectivity index (χ3v) is 7.83. The summed E-state index contributed by atoms with van der Waals surface area (Å²) in [7, 11) is 0. The number of Topliss-reactive ketones (excluding diaryl/α,β-unsaturated/α-hetero) is 1. The van der Waals surface area contributed by atoms with Crippen LogP contribution in [0.25, 0.3) is 21.5 Å². The van der Waals surface area contributed by atoms with Gasteiger partial charge in [-0.05, 0) is 89.5 Å². The minimum Gasteiger partial charge on any atom is -0.444 e. The lowest BCUT2D eigenvalue weighted by Gasteiger charge is -2.29. The number of alkyl carbamates (subject to hydrolysis) is 1. The highest BCUT2D eigenvalue weighted by molar-refractivity contribution is 7.17. The maximum Gasteiger partial charge on any atom is 0.407 e. The fraction of sp³-hybridized carbons (Fsp3) is 0.448. The molecule has 2 amide bonds. The molecule has 2 aromatic heterocycles. The molecule has 0 radical (unpaired) electrons. The van der Waals surface area contributed by atoms with Gasteiger partial charge in [-0.25, -0.2) is 9.78 Å². The lowest BCUT2D eigenvalue weighted by molar-refractivity contribution is 0.0512. The summed E-state index contributed by atoms with van der Waals surface area (Å²) in [6, 6.07) is 13.2. The Labute approximate surface area is 222 Å². The molecule has 0 aliphatic heterocycles. The summed E-state index contributed by atoms with van der Waals surface area (Å²) in [5.74, 6) is 0.740. The number of hydrogen-bond donors (Lipinski definition) is 2. The monoisotopic (exact) mass is 521 g/mol. The van der Waals surface area contributed by atoms with Crippen LogP contribution in [0.15, 0.2) is 42.5 Å². The summed E-state index contributed by atoms with van der Waals surface area (Å²) in [5, 5.41) is 6.84. The Kier molecular flexibility index (Phi) is 8.27. The van der Waals surface area contributed by atoms with Crippen molar-refractivity contribution in [2.24, 2.45) is 11.8 Å². The number of nitrogens with zero attached hydrogens (tertiary/aromatic N) is 1. The molecule has 37 heavy (non-hydrogen) atoms. The van der Waals surface area contributed by atoms with Gasteiger partial charge in [-0.2, -0.15) is 0 Å². The molecule has 2 heterocycles. The first-order valence-corrected chi connectivity index (χ1v) is 13.7. The number of ketones is 1. The number of fused-ring (bicyclic) bond motifs is 1. The summed E-state index contributed by atoms with van der Waals surface area (Å²) in [5.41, 5.74) is 1.54. The Morgan fingerprint density at radius 2 is 1.62 bits per heavy atom. The highest BCUT2D eigenvalue weighted by Gasteiger charge is 2.24. The van der Waals surface area contributed by atoms with E-state index < -0.39 is 5.60 Å². The van der Waals surface area contributed by atoms with E-state index in [1.165, 1.54) is 11.3 Å². The highest BCUT2D eigenvalue weighted by atomic mass is 32.1. The topological polar surface area (TPSA) is 97.4 Å². The van der Waals surface area contributed by atoms with E-state index in [0.29, 0.717) is 41.1 Å². The van der Waals surface area contributed by atoms with Crippen molar-refractivity contribution in [3.63, 3.8) is 0 Å². The SMILES string of the molecule is CC(=O)c1ccc(-c2cc(C(=O)NCC3CCC(CNC(=O)OC(C)(C)C)CC3)c3ccccc3n2)s1. The number of carbonyl (C=O) groups excluding carboxylic acids is 3. The van der Waals surface area contributed by atoms with Gasteiger partial charge in [0.15, 0.2) is 5.78 Å². The molecule has 0 unspecified atom stereocenters. The van der Waals surface area contributed by atoms with Gasteiger partial charge in [0.1, 0.15) is 5.60 Å². The molecule has 0 saturated heterocycles. The normalized spacial score (nSPS) is 17.8. The van der Waals surface area contributed by atoms with Gasteiger partial charge >= 0.3 is 6.09 Å². The molecule has 0 atom stereocenters. The van der Waals surface area contributed by atoms with Crippen LogP contribution in [-0.2, 0) is 4.74 Å². The zero-order valence-electron chi connectivity index (χ0n) is 21.9. The largest absolute Gasteiger partial charge is 0.444 e. The van der Waals surface area contributed by atoms with Gasteiger partial charge in [-0.1, -0.05) is 18.2 Å². The van der Waals surface area contributed by atoms with Gasteiger partial charge in [0.25, 0.3) is 5.91 Å². The molecule has 1 aliphatic carbocycles. The predicted molar refractivity (Wildman–Crippen MR) is 147 cm³/mol. The minimum absolute atomic E-state index is 0.0188. The number of thiophene rings is 1. The van der Waals surface area contributed by atoms with Crippen LogP contribution in [0, 0.1) is 11.8 Å². The average Bonchev–Trinajstić information content (AvgIpc) is 3.36. The van der Waals surface area contributed by atoms with E-state index in [1.54, 1.807) is 13.0 Å². The van der Waals surface area contributed by atoms with Crippen LogP contribution in [0.4, 0.5) is 4.79 Å². The summed E-state index contributed by atoms with van der Waals surface area (Å²) in [6.07, 6.45) is 3.66. The van der Waals surface area contributed by atoms with E-state index in [4.69, 9.17) is 9.72 Å². The minimum atomic E-state index is -0.498. The van der Waals surface area contributed by atoms with Gasteiger partial charge < -0.3 is 15.4 Å². The fourth-order valence-corrected chi connectivity index (χ4v) is 5.53. The zero-order chi connectivity index (χ0) is 26.6. The molecule has 1 aromatic carbocycles. The van der Waals surface area contributed by atoms with Crippen molar-refractivity contribution in [3.05, 3.63) is 52.9 Å². The first kappa shape index (κ1) is 26.8. The van der Waals surface area contributed by atoms with Gasteiger partial charge in [-0.3, -0.25) is 9.59 Å². The number of carbonyl (C=O) groups is 3. The molecule has 1 saturated carbocycles. The molecule has 3 aromatic rings. The zero-order valence-corrected chi connectivity index (χ0v) is 22.7. The van der Waals surface area contributed by atoms with Crippen LogP contribution in [0.1, 0.15) is 73.4 Å². The van der Waals surface area contributed by atoms with Crippen molar-refractivity contribution in [2.45, 2.75) is 59.0 Å². The van der Waals surface area contributed by atoms with Crippen molar-refractivity contribution in [2.75, 3.05) is 13.1 Å². The van der Waals surface area contributed by atoms with Crippen LogP contribution in [0.2, 0.25) is 0 Å². The summed E-state index contributed by atoms with van der Waals surface area (Å²) in [4.78, 5) is 43.3. The van der Waals surface area contributed by atoms with E-state index >= 15 is 0 Å². The molecule has 4 rings (SSSR count). The number of nitrogens with one attached hydrogen (secondary N) is 2. The Hall–Kier alpha value is -3.26. The Morgan fingerprint density at radius 1 is 0.973 bits per heavy atom. The quantitative estimate of drug-likeness (QED) is 0.359. The number of rotatable bonds is 7. The standard InChI is InChI=1S/C29H35N3O4S/c1-18(33)25-13-14-26(37-25)24-15-22(21-7-5-6-8-23(21)32-24)27(34)30-16-19-9-11-20(12-10-19)17-31-28(35)36-29(2,3)4/h5-8,13-15,19-20H,9-12,16-17H2,1-4H3,(H,30,34)(H,31,35). The van der Waals surface area contributed by atoms with Crippen LogP contribution in [-0.4, -0.2) is 41.5 Å². The lowest BCUT2D eigenvalue weighted by Crippen LogP contribution is -2.37. The molecule has 2 N–H and O–H groups in total. The summed E-state index contributed by atoms with van der Waals surface area (Å²) in [6.45, 7) is 8.35. The Morgan fingerprint density at radius 3 is 2.24 bits per heavy atom. The number of para-hydroxylation sites is 1. The molecule has 1 aliphatic rings. The lowest BCUT2D eigenvalue weighted by atomic mass is 9.82. The molecule has 1 fully saturated rings. The second kappa shape index (κ2) is 11.4. The van der Waals surface area contributed by atoms with E-state index in [-0.39, 0.29) is 17.8 Å². The van der Waals surface area contributed by atoms with Gasteiger partial charge in [-0.15, -0.1) is 11.3 Å². The third-order valence-electron chi connectivity index (χ3n) is 6.62. The molecular weight excluding hydrogens is 486 g/mol. The highest BCUT2D eigenvalue weighted by Crippen LogP contribution is 2.31. The van der Waals surface area contributed by atoms with E-state index in [2.05, 4.69) is 10.6 Å². The smallest absolute Gasteiger partial charge is 0.407 e. The van der Waals surface area contributed by atoms with Crippen LogP contribution in [0.5, 0.6) is 0 Å². The van der Waals surface area contributed by atoms with E-state index in [1.807, 2.05) is 57.2 Å². The number of hydrogen-bond acceptors (Lipinski definition) is 6. The number of benzene rings is 1. The van der Waals surface area contributed by atoms with Crippen molar-refractivity contribution in [1.29, 1.82) is 0 Å². The molecule has 0 bridgehead atoms. The van der Waals surface area contributed by atoms with E-state index in [0.717, 1.165) is 41.5 Å². The molecule has 0 spiro atoms. The number of aromatic nitrogens is 1. The summed E-state index contributed by atoms with van der Waals surface area (Å²) >= 11 is 1.39. The van der Waals surface area contributed by atoms with Crippen molar-refractivity contribution < 1.29 is 19.1 Å². The number of amides is 2. The van der Waals surface area contributed by atoms with Gasteiger partial charge in [0.05, 0.1) is 26.5 Å². The van der Waals surface area contributed by atoms with E-state index in [9.17, 15) is 14.4 Å². The average molecular weight is 522 g/mol. The Balaban J connectivity index is 1.36. The number of pyridine rings is 1. The second-order valence-corrected chi connectivity index (χ2v) is 11.9. The fourth-order valence-electron chi connectivity index (χ4n) is 4.67. The van der Waals surface area contributed by atoms with Crippen LogP contribution in [0.3, 0.4) is 0 Å². The predicted octanol–water partition coefficient (Wildman–Crippen LogP) is 6.23. The maximum atomic E-state index is 13.3. The second-order valence-electron chi connectivity index (χ2n) is 10.8. The first-order valence-electron chi connectivity index (χ1n) is 12.8. The molecule has 8 heteroatoms. The van der Waals surface area contributed by atoms with Crippen LogP contribution < -0.4 is 10.6 Å². The van der Waals surface area contributed by atoms with Gasteiger partial charge in [0, 0.05) is 18.5 Å². The van der Waals surface area contributed by atoms with Crippen molar-refractivity contribution in [3.8, 4) is 10.6 Å². The molecular formula is C29H35N3O4S. The Bertz CT molecular complexity index is 1290. The molecule has 196 valence electrons. The van der Waals surface area contributed by atoms with Gasteiger partial charge in [0.2, 0.25) is 0 Å². The molecule has 7 nitrogen and oxygen atoms in total. The number of ether oxygens (including phenoxy) is 1. The van der Waals surface area contributed by atoms with Crippen molar-refractivity contribution in [1.82, 2.24) is 15.6 Å². The van der Waals surface area contributed by atoms with Crippen LogP contribution >= 0.6 is 11.3 Å². The third kappa shape index (κ3) is 7.16. The van der Waals surface area contributed by atoms with Crippen molar-refractivity contribution >= 4 is 40.0 Å². The summed E-state index contributed by atoms with van der Waals surface area (Å²) < 4.78 is 5.32. The maximum absolute atomic E-state index is 13.3. The first-order chi connectivity index (χ1) is 17.6.